The van der Waals surface area contributed by atoms with Gasteiger partial charge in [-0.15, -0.1) is 19.6 Å². The summed E-state index contributed by atoms with van der Waals surface area (Å²) in [6, 6.07) is 9.52. The van der Waals surface area contributed by atoms with E-state index < -0.39 is 17.3 Å². The van der Waals surface area contributed by atoms with Crippen molar-refractivity contribution in [2.45, 2.75) is 52.0 Å². The summed E-state index contributed by atoms with van der Waals surface area (Å²) in [7, 11) is 0. The molecular weight excluding hydrogens is 384 g/mol. The monoisotopic (exact) mass is 414 g/mol. The van der Waals surface area contributed by atoms with Crippen molar-refractivity contribution in [1.29, 1.82) is 0 Å². The number of benzene rings is 1. The molecule has 0 bridgehead atoms. The highest BCUT2D eigenvalue weighted by Gasteiger charge is 2.27. The quantitative estimate of drug-likeness (QED) is 0.529. The average Bonchev–Trinajstić information content (AvgIpc) is 3.36. The molecule has 0 spiro atoms. The molecular formula is C21H30N6O3. The average molecular weight is 415 g/mol. The van der Waals surface area contributed by atoms with E-state index in [0.29, 0.717) is 12.6 Å². The van der Waals surface area contributed by atoms with E-state index in [0.717, 1.165) is 48.1 Å². The number of rotatable bonds is 8. The number of amides is 1. The maximum absolute atomic E-state index is 12.9. The smallest absolute Gasteiger partial charge is 0.377 e. The minimum atomic E-state index is -0.621. The molecule has 1 aliphatic rings. The molecule has 0 radical (unpaired) electrons. The molecule has 1 aromatic carbocycles. The zero-order valence-corrected chi connectivity index (χ0v) is 17.9. The van der Waals surface area contributed by atoms with Crippen LogP contribution in [0.4, 0.5) is 10.7 Å². The van der Waals surface area contributed by atoms with Gasteiger partial charge in [-0.2, -0.15) is 0 Å². The van der Waals surface area contributed by atoms with E-state index >= 15 is 0 Å². The van der Waals surface area contributed by atoms with Crippen molar-refractivity contribution in [2.24, 2.45) is 5.10 Å². The van der Waals surface area contributed by atoms with Gasteiger partial charge in [-0.05, 0) is 52.0 Å². The van der Waals surface area contributed by atoms with Crippen LogP contribution in [-0.2, 0) is 11.2 Å². The highest BCUT2D eigenvalue weighted by molar-refractivity contribution is 5.76. The number of nitrogens with one attached hydrogen (secondary N) is 1. The molecule has 1 fully saturated rings. The number of hydrogen-bond donors (Lipinski definition) is 1. The normalized spacial score (nSPS) is 14.4. The Balaban J connectivity index is 1.77. The molecule has 1 N–H and O–H groups in total. The Morgan fingerprint density at radius 2 is 1.97 bits per heavy atom. The Labute approximate surface area is 176 Å². The summed E-state index contributed by atoms with van der Waals surface area (Å²) in [6.07, 6.45) is 4.76. The fourth-order valence-electron chi connectivity index (χ4n) is 3.36. The standard InChI is InChI=1S/C21H30N6O3/c1-4-30-16-22-26-18(25-14-8-9-15-25)24-27(20(26)29)19(28)23-21(2,3)13-12-17-10-6-5-7-11-17/h5-7,10-11,16H,4,8-9,12-15H2,1-3H3,(H,23,28)/b22-16+. The third kappa shape index (κ3) is 5.28. The summed E-state index contributed by atoms with van der Waals surface area (Å²) in [5.74, 6) is 0.352. The van der Waals surface area contributed by atoms with Gasteiger partial charge in [0.25, 0.3) is 0 Å². The van der Waals surface area contributed by atoms with Crippen molar-refractivity contribution in [3.63, 3.8) is 0 Å². The first-order valence-electron chi connectivity index (χ1n) is 10.4. The first-order chi connectivity index (χ1) is 14.4. The summed E-state index contributed by atoms with van der Waals surface area (Å²) in [5.41, 5.74) is 0.0606. The van der Waals surface area contributed by atoms with Gasteiger partial charge in [0, 0.05) is 18.6 Å². The molecule has 9 heteroatoms. The molecule has 1 amide bonds. The van der Waals surface area contributed by atoms with Crippen LogP contribution in [0.2, 0.25) is 0 Å². The minimum Gasteiger partial charge on any atom is -0.482 e. The van der Waals surface area contributed by atoms with Crippen LogP contribution < -0.4 is 15.9 Å². The largest absolute Gasteiger partial charge is 0.482 e. The molecule has 0 atom stereocenters. The van der Waals surface area contributed by atoms with Crippen LogP contribution in [0.15, 0.2) is 40.2 Å². The Hall–Kier alpha value is -3.10. The maximum Gasteiger partial charge on any atom is 0.377 e. The highest BCUT2D eigenvalue weighted by Crippen LogP contribution is 2.17. The summed E-state index contributed by atoms with van der Waals surface area (Å²) in [6.45, 7) is 7.66. The van der Waals surface area contributed by atoms with E-state index in [1.807, 2.05) is 43.9 Å². The van der Waals surface area contributed by atoms with Gasteiger partial charge >= 0.3 is 11.7 Å². The number of anilines is 1. The molecule has 0 unspecified atom stereocenters. The van der Waals surface area contributed by atoms with Crippen LogP contribution in [0.3, 0.4) is 0 Å². The number of ether oxygens (including phenoxy) is 1. The molecule has 0 saturated carbocycles. The number of carbonyl (C=O) groups is 1. The van der Waals surface area contributed by atoms with E-state index in [1.165, 1.54) is 12.0 Å². The SMILES string of the molecule is CCO/C=N/n1c(N2CCCC2)nn(C(=O)NC(C)(C)CCc2ccccc2)c1=O. The second kappa shape index (κ2) is 9.60. The van der Waals surface area contributed by atoms with Crippen molar-refractivity contribution in [3.05, 3.63) is 46.4 Å². The van der Waals surface area contributed by atoms with E-state index in [2.05, 4.69) is 27.6 Å². The van der Waals surface area contributed by atoms with Gasteiger partial charge in [0.15, 0.2) is 6.40 Å². The molecule has 0 aliphatic carbocycles. The summed E-state index contributed by atoms with van der Waals surface area (Å²) < 4.78 is 7.10. The topological polar surface area (TPSA) is 93.8 Å². The van der Waals surface area contributed by atoms with Gasteiger partial charge in [-0.25, -0.2) is 9.59 Å². The number of aryl methyl sites for hydroxylation is 1. The van der Waals surface area contributed by atoms with Crippen LogP contribution in [-0.4, -0.2) is 52.1 Å². The molecule has 3 rings (SSSR count). The van der Waals surface area contributed by atoms with E-state index in [-0.39, 0.29) is 0 Å². The van der Waals surface area contributed by atoms with Gasteiger partial charge in [0.05, 0.1) is 6.61 Å². The van der Waals surface area contributed by atoms with Gasteiger partial charge < -0.3 is 15.0 Å². The van der Waals surface area contributed by atoms with Crippen LogP contribution in [0.25, 0.3) is 0 Å². The maximum atomic E-state index is 12.9. The van der Waals surface area contributed by atoms with Crippen molar-refractivity contribution < 1.29 is 9.53 Å². The molecule has 1 aromatic heterocycles. The second-order valence-electron chi connectivity index (χ2n) is 7.98. The first kappa shape index (κ1) is 21.6. The second-order valence-corrected chi connectivity index (χ2v) is 7.98. The van der Waals surface area contributed by atoms with Crippen molar-refractivity contribution in [3.8, 4) is 0 Å². The molecule has 2 aromatic rings. The van der Waals surface area contributed by atoms with Crippen LogP contribution in [0, 0.1) is 0 Å². The lowest BCUT2D eigenvalue weighted by Crippen LogP contribution is -2.48. The third-order valence-corrected chi connectivity index (χ3v) is 5.05. The highest BCUT2D eigenvalue weighted by atomic mass is 16.5. The Morgan fingerprint density at radius 3 is 2.63 bits per heavy atom. The minimum absolute atomic E-state index is 0.352. The molecule has 1 aliphatic heterocycles. The summed E-state index contributed by atoms with van der Waals surface area (Å²) in [5, 5.41) is 11.3. The zero-order chi connectivity index (χ0) is 21.6. The Morgan fingerprint density at radius 1 is 1.27 bits per heavy atom. The van der Waals surface area contributed by atoms with Crippen molar-refractivity contribution in [2.75, 3.05) is 24.6 Å². The fourth-order valence-corrected chi connectivity index (χ4v) is 3.36. The Bertz CT molecular complexity index is 926. The third-order valence-electron chi connectivity index (χ3n) is 5.05. The predicted octanol–water partition coefficient (Wildman–Crippen LogP) is 2.44. The molecule has 9 nitrogen and oxygen atoms in total. The number of hydrogen-bond acceptors (Lipinski definition) is 6. The van der Waals surface area contributed by atoms with Gasteiger partial charge in [0.2, 0.25) is 5.95 Å². The van der Waals surface area contributed by atoms with Crippen LogP contribution >= 0.6 is 0 Å². The van der Waals surface area contributed by atoms with Crippen LogP contribution in [0.5, 0.6) is 0 Å². The van der Waals surface area contributed by atoms with E-state index in [4.69, 9.17) is 4.74 Å². The lowest BCUT2D eigenvalue weighted by molar-refractivity contribution is 0.225. The molecule has 162 valence electrons. The predicted molar refractivity (Wildman–Crippen MR) is 116 cm³/mol. The lowest BCUT2D eigenvalue weighted by Gasteiger charge is -2.25. The van der Waals surface area contributed by atoms with Gasteiger partial charge in [-0.1, -0.05) is 30.3 Å². The lowest BCUT2D eigenvalue weighted by atomic mass is 9.95. The molecule has 30 heavy (non-hydrogen) atoms. The number of nitrogens with zero attached hydrogens (tertiary/aromatic N) is 5. The van der Waals surface area contributed by atoms with Crippen LogP contribution in [0.1, 0.15) is 45.6 Å². The van der Waals surface area contributed by atoms with E-state index in [1.54, 1.807) is 0 Å². The summed E-state index contributed by atoms with van der Waals surface area (Å²) >= 11 is 0. The van der Waals surface area contributed by atoms with Crippen molar-refractivity contribution >= 4 is 18.4 Å². The number of carbonyl (C=O) groups excluding carboxylic acids is 1. The van der Waals surface area contributed by atoms with E-state index in [9.17, 15) is 9.59 Å². The first-order valence-corrected chi connectivity index (χ1v) is 10.4. The van der Waals surface area contributed by atoms with Gasteiger partial charge in [0.1, 0.15) is 0 Å². The molecule has 2 heterocycles. The Kier molecular flexibility index (Phi) is 6.91. The van der Waals surface area contributed by atoms with Crippen molar-refractivity contribution in [1.82, 2.24) is 19.8 Å². The fraction of sp³-hybridized carbons (Fsp3) is 0.524. The number of aromatic nitrogens is 3. The van der Waals surface area contributed by atoms with Gasteiger partial charge in [-0.3, -0.25) is 0 Å². The molecule has 1 saturated heterocycles. The summed E-state index contributed by atoms with van der Waals surface area (Å²) in [4.78, 5) is 27.7. The zero-order valence-electron chi connectivity index (χ0n) is 17.9.